The predicted molar refractivity (Wildman–Crippen MR) is 78.5 cm³/mol. The second-order valence-electron chi connectivity index (χ2n) is 4.17. The lowest BCUT2D eigenvalue weighted by molar-refractivity contribution is 0.0687. The average Bonchev–Trinajstić information content (AvgIpc) is 2.78. The number of thiazole rings is 1. The normalized spacial score (nSPS) is 10.3. The molecule has 20 heavy (non-hydrogen) atoms. The van der Waals surface area contributed by atoms with Gasteiger partial charge in [-0.15, -0.1) is 0 Å². The zero-order valence-electron chi connectivity index (χ0n) is 10.7. The summed E-state index contributed by atoms with van der Waals surface area (Å²) in [5, 5.41) is 12.8. The van der Waals surface area contributed by atoms with Crippen molar-refractivity contribution in [1.82, 2.24) is 4.98 Å². The van der Waals surface area contributed by atoms with Crippen LogP contribution < -0.4 is 5.32 Å². The molecule has 0 bridgehead atoms. The first kappa shape index (κ1) is 14.5. The Morgan fingerprint density at radius 1 is 1.40 bits per heavy atom. The Balaban J connectivity index is 2.39. The number of nitrogens with one attached hydrogen (secondary N) is 1. The summed E-state index contributed by atoms with van der Waals surface area (Å²) in [6.45, 7) is 3.22. The van der Waals surface area contributed by atoms with E-state index in [0.29, 0.717) is 15.8 Å². The molecule has 0 saturated carbocycles. The number of anilines is 2. The molecule has 0 aliphatic rings. The van der Waals surface area contributed by atoms with E-state index in [1.54, 1.807) is 6.07 Å². The first-order valence-corrected chi connectivity index (χ1v) is 6.86. The van der Waals surface area contributed by atoms with Gasteiger partial charge in [0.15, 0.2) is 16.6 Å². The zero-order chi connectivity index (χ0) is 14.9. The monoisotopic (exact) mass is 310 g/mol. The van der Waals surface area contributed by atoms with E-state index in [1.165, 1.54) is 6.92 Å². The van der Waals surface area contributed by atoms with Crippen molar-refractivity contribution >= 4 is 45.5 Å². The fraction of sp³-hybridized carbons (Fsp3) is 0.154. The van der Waals surface area contributed by atoms with Crippen LogP contribution >= 0.6 is 22.9 Å². The maximum Gasteiger partial charge on any atom is 0.356 e. The summed E-state index contributed by atoms with van der Waals surface area (Å²) >= 11 is 7.04. The van der Waals surface area contributed by atoms with Crippen LogP contribution in [0, 0.1) is 6.92 Å². The lowest BCUT2D eigenvalue weighted by Crippen LogP contribution is -2.03. The fourth-order valence-corrected chi connectivity index (χ4v) is 2.64. The number of halogens is 1. The van der Waals surface area contributed by atoms with Gasteiger partial charge in [-0.25, -0.2) is 9.78 Å². The van der Waals surface area contributed by atoms with Crippen LogP contribution in [0.15, 0.2) is 18.2 Å². The van der Waals surface area contributed by atoms with E-state index in [1.807, 2.05) is 19.1 Å². The summed E-state index contributed by atoms with van der Waals surface area (Å²) in [5.74, 6) is -1.56. The maximum atomic E-state index is 11.4. The molecular weight excluding hydrogens is 300 g/mol. The fourth-order valence-electron chi connectivity index (χ4n) is 1.61. The molecule has 0 aliphatic heterocycles. The molecule has 0 spiro atoms. The Bertz CT molecular complexity index is 665. The van der Waals surface area contributed by atoms with Crippen LogP contribution in [0.25, 0.3) is 0 Å². The van der Waals surface area contributed by atoms with Gasteiger partial charge in [0, 0.05) is 6.92 Å². The van der Waals surface area contributed by atoms with E-state index in [9.17, 15) is 9.59 Å². The zero-order valence-corrected chi connectivity index (χ0v) is 12.3. The highest BCUT2D eigenvalue weighted by Crippen LogP contribution is 2.30. The van der Waals surface area contributed by atoms with E-state index in [2.05, 4.69) is 10.3 Å². The SMILES string of the molecule is CC(=O)c1sc(Nc2cc(C)ccc2Cl)nc1C(=O)O. The van der Waals surface area contributed by atoms with Crippen molar-refractivity contribution < 1.29 is 14.7 Å². The molecular formula is C13H11ClN2O3S. The second-order valence-corrected chi connectivity index (χ2v) is 5.57. The molecule has 2 N–H and O–H groups in total. The number of carbonyl (C=O) groups excluding carboxylic acids is 1. The van der Waals surface area contributed by atoms with Crippen molar-refractivity contribution in [2.75, 3.05) is 5.32 Å². The van der Waals surface area contributed by atoms with Crippen LogP contribution in [0.5, 0.6) is 0 Å². The summed E-state index contributed by atoms with van der Waals surface area (Å²) in [7, 11) is 0. The maximum absolute atomic E-state index is 11.4. The first-order valence-electron chi connectivity index (χ1n) is 5.66. The molecule has 0 aliphatic carbocycles. The average molecular weight is 311 g/mol. The minimum Gasteiger partial charge on any atom is -0.476 e. The Hall–Kier alpha value is -1.92. The highest BCUT2D eigenvalue weighted by molar-refractivity contribution is 7.17. The Kier molecular flexibility index (Phi) is 4.06. The third-order valence-electron chi connectivity index (χ3n) is 2.51. The van der Waals surface area contributed by atoms with E-state index in [0.717, 1.165) is 16.9 Å². The van der Waals surface area contributed by atoms with Crippen molar-refractivity contribution in [3.8, 4) is 0 Å². The van der Waals surface area contributed by atoms with Gasteiger partial charge in [0.25, 0.3) is 0 Å². The van der Waals surface area contributed by atoms with Gasteiger partial charge < -0.3 is 10.4 Å². The molecule has 0 fully saturated rings. The summed E-state index contributed by atoms with van der Waals surface area (Å²) in [4.78, 5) is 26.5. The molecule has 0 amide bonds. The molecule has 104 valence electrons. The molecule has 2 rings (SSSR count). The standard InChI is InChI=1S/C13H11ClN2O3S/c1-6-3-4-8(14)9(5-6)15-13-16-10(12(18)19)11(20-13)7(2)17/h3-5H,1-2H3,(H,15,16)(H,18,19). The summed E-state index contributed by atoms with van der Waals surface area (Å²) < 4.78 is 0. The van der Waals surface area contributed by atoms with Gasteiger partial charge in [0.05, 0.1) is 10.7 Å². The van der Waals surface area contributed by atoms with Gasteiger partial charge in [-0.1, -0.05) is 29.0 Å². The molecule has 5 nitrogen and oxygen atoms in total. The van der Waals surface area contributed by atoms with Crippen LogP contribution in [0.1, 0.15) is 32.6 Å². The summed E-state index contributed by atoms with van der Waals surface area (Å²) in [6, 6.07) is 5.41. The Morgan fingerprint density at radius 3 is 2.65 bits per heavy atom. The van der Waals surface area contributed by atoms with Crippen LogP contribution in [-0.2, 0) is 0 Å². The number of aromatic nitrogens is 1. The van der Waals surface area contributed by atoms with E-state index in [4.69, 9.17) is 16.7 Å². The number of aromatic carboxylic acids is 1. The largest absolute Gasteiger partial charge is 0.476 e. The summed E-state index contributed by atoms with van der Waals surface area (Å²) in [6.07, 6.45) is 0. The van der Waals surface area contributed by atoms with Crippen LogP contribution in [0.4, 0.5) is 10.8 Å². The topological polar surface area (TPSA) is 79.3 Å². The minimum absolute atomic E-state index is 0.115. The molecule has 7 heteroatoms. The van der Waals surface area contributed by atoms with Crippen molar-refractivity contribution in [3.05, 3.63) is 39.4 Å². The molecule has 0 saturated heterocycles. The third kappa shape index (κ3) is 2.97. The second kappa shape index (κ2) is 5.60. The number of hydrogen-bond acceptors (Lipinski definition) is 5. The van der Waals surface area contributed by atoms with Crippen molar-refractivity contribution in [2.24, 2.45) is 0 Å². The number of benzene rings is 1. The molecule has 0 unspecified atom stereocenters. The van der Waals surface area contributed by atoms with E-state index in [-0.39, 0.29) is 16.4 Å². The smallest absolute Gasteiger partial charge is 0.356 e. The number of carbonyl (C=O) groups is 2. The Labute approximate surface area is 124 Å². The number of Topliss-reactive ketones (excluding diaryl/α,β-unsaturated/α-hetero) is 1. The number of nitrogens with zero attached hydrogens (tertiary/aromatic N) is 1. The highest BCUT2D eigenvalue weighted by Gasteiger charge is 2.20. The van der Waals surface area contributed by atoms with Crippen LogP contribution in [0.3, 0.4) is 0 Å². The predicted octanol–water partition coefficient (Wildman–Crippen LogP) is 3.75. The number of rotatable bonds is 4. The number of carboxylic acids is 1. The van der Waals surface area contributed by atoms with E-state index < -0.39 is 5.97 Å². The quantitative estimate of drug-likeness (QED) is 0.841. The lowest BCUT2D eigenvalue weighted by atomic mass is 10.2. The van der Waals surface area contributed by atoms with Crippen LogP contribution in [0.2, 0.25) is 5.02 Å². The molecule has 0 atom stereocenters. The lowest BCUT2D eigenvalue weighted by Gasteiger charge is -2.05. The minimum atomic E-state index is -1.23. The van der Waals surface area contributed by atoms with Gasteiger partial charge in [0.1, 0.15) is 4.88 Å². The molecule has 2 aromatic rings. The van der Waals surface area contributed by atoms with E-state index >= 15 is 0 Å². The van der Waals surface area contributed by atoms with Gasteiger partial charge in [-0.2, -0.15) is 0 Å². The number of aryl methyl sites for hydroxylation is 1. The summed E-state index contributed by atoms with van der Waals surface area (Å²) in [5.41, 5.74) is 1.37. The van der Waals surface area contributed by atoms with Gasteiger partial charge >= 0.3 is 5.97 Å². The van der Waals surface area contributed by atoms with Crippen LogP contribution in [-0.4, -0.2) is 21.8 Å². The number of ketones is 1. The number of hydrogen-bond donors (Lipinski definition) is 2. The Morgan fingerprint density at radius 2 is 2.10 bits per heavy atom. The highest BCUT2D eigenvalue weighted by atomic mass is 35.5. The van der Waals surface area contributed by atoms with Crippen molar-refractivity contribution in [3.63, 3.8) is 0 Å². The van der Waals surface area contributed by atoms with Crippen molar-refractivity contribution in [2.45, 2.75) is 13.8 Å². The first-order chi connectivity index (χ1) is 9.38. The van der Waals surface area contributed by atoms with Gasteiger partial charge in [-0.05, 0) is 24.6 Å². The number of carboxylic acid groups (broad SMARTS) is 1. The van der Waals surface area contributed by atoms with Crippen molar-refractivity contribution in [1.29, 1.82) is 0 Å². The third-order valence-corrected chi connectivity index (χ3v) is 3.91. The molecule has 0 radical (unpaired) electrons. The molecule has 1 aromatic heterocycles. The molecule has 1 aromatic carbocycles. The van der Waals surface area contributed by atoms with Gasteiger partial charge in [-0.3, -0.25) is 4.79 Å². The molecule has 1 heterocycles. The van der Waals surface area contributed by atoms with Gasteiger partial charge in [0.2, 0.25) is 0 Å².